The molecule has 3 fully saturated rings. The number of carbonyl (C=O) groups excluding carboxylic acids is 6. The zero-order chi connectivity index (χ0) is 44.1. The molecule has 3 aliphatic carbocycles. The van der Waals surface area contributed by atoms with E-state index in [1.165, 1.54) is 13.8 Å². The van der Waals surface area contributed by atoms with Gasteiger partial charge in [-0.2, -0.15) is 0 Å². The highest BCUT2D eigenvalue weighted by Crippen LogP contribution is 2.63. The van der Waals surface area contributed by atoms with Crippen LogP contribution in [0.3, 0.4) is 0 Å². The number of nitrogens with one attached hydrogen (secondary N) is 1. The average molecular weight is 899 g/mol. The normalized spacial score (nSPS) is 33.1. The van der Waals surface area contributed by atoms with Crippen LogP contribution in [-0.2, 0) is 47.7 Å². The van der Waals surface area contributed by atoms with Crippen LogP contribution in [0, 0.1) is 16.7 Å². The SMILES string of the molecule is CCC(Br)C(=O)O[C@@H](C(=O)O[C@H]1C[C@@]2(O)[C@@H](O)[C@@H]3[C@]4(OC(C)=O)CO[C@@H]4C[C@H](O)[C@@]3(C)C(=O)[C@H](OC(C)=O)C(=C1C)C2(C)C)[C@@H](NC(=O)c1ccccc1)c1ccccc1. The van der Waals surface area contributed by atoms with Gasteiger partial charge < -0.3 is 44.3 Å². The van der Waals surface area contributed by atoms with Crippen molar-refractivity contribution in [2.45, 2.75) is 126 Å². The third-order valence-electron chi connectivity index (χ3n) is 13.1. The van der Waals surface area contributed by atoms with Gasteiger partial charge in [0, 0.05) is 43.6 Å². The van der Waals surface area contributed by atoms with Gasteiger partial charge in [-0.05, 0) is 49.1 Å². The number of amides is 1. The van der Waals surface area contributed by atoms with Crippen molar-refractivity contribution in [3.05, 3.63) is 82.9 Å². The molecular weight excluding hydrogens is 846 g/mol. The summed E-state index contributed by atoms with van der Waals surface area (Å²) in [6, 6.07) is 15.2. The Balaban J connectivity index is 1.50. The number of rotatable bonds is 11. The van der Waals surface area contributed by atoms with Gasteiger partial charge in [0.15, 0.2) is 17.5 Å². The number of ketones is 1. The topological polar surface area (TPSA) is 221 Å². The average Bonchev–Trinajstić information content (AvgIpc) is 3.20. The van der Waals surface area contributed by atoms with Crippen LogP contribution in [-0.4, -0.2) is 110 Å². The molecule has 16 heteroatoms. The summed E-state index contributed by atoms with van der Waals surface area (Å²) in [5.74, 6) is -6.61. The molecule has 1 unspecified atom stereocenters. The summed E-state index contributed by atoms with van der Waals surface area (Å²) >= 11 is 3.28. The van der Waals surface area contributed by atoms with E-state index in [0.29, 0.717) is 5.56 Å². The molecule has 60 heavy (non-hydrogen) atoms. The summed E-state index contributed by atoms with van der Waals surface area (Å²) in [5.41, 5.74) is -6.86. The van der Waals surface area contributed by atoms with Gasteiger partial charge in [0.2, 0.25) is 6.10 Å². The maximum absolute atomic E-state index is 15.1. The van der Waals surface area contributed by atoms with E-state index >= 15 is 4.79 Å². The summed E-state index contributed by atoms with van der Waals surface area (Å²) in [7, 11) is 0. The third kappa shape index (κ3) is 7.48. The maximum Gasteiger partial charge on any atom is 0.350 e. The van der Waals surface area contributed by atoms with Crippen molar-refractivity contribution >= 4 is 51.5 Å². The molecule has 2 saturated carbocycles. The van der Waals surface area contributed by atoms with E-state index in [1.807, 2.05) is 0 Å². The van der Waals surface area contributed by atoms with Crippen LogP contribution >= 0.6 is 15.9 Å². The fourth-order valence-corrected chi connectivity index (χ4v) is 9.88. The van der Waals surface area contributed by atoms with Gasteiger partial charge in [-0.25, -0.2) is 4.79 Å². The number of alkyl halides is 1. The largest absolute Gasteiger partial charge is 0.455 e. The Morgan fingerprint density at radius 3 is 2.10 bits per heavy atom. The molecule has 324 valence electrons. The molecule has 2 aromatic rings. The first-order valence-electron chi connectivity index (χ1n) is 19.9. The van der Waals surface area contributed by atoms with Crippen LogP contribution in [0.15, 0.2) is 71.8 Å². The monoisotopic (exact) mass is 897 g/mol. The zero-order valence-corrected chi connectivity index (χ0v) is 36.1. The number of esters is 4. The maximum atomic E-state index is 15.1. The zero-order valence-electron chi connectivity index (χ0n) is 34.5. The lowest BCUT2D eigenvalue weighted by Gasteiger charge is -2.67. The van der Waals surface area contributed by atoms with Gasteiger partial charge in [0.05, 0.1) is 24.2 Å². The van der Waals surface area contributed by atoms with Gasteiger partial charge in [-0.3, -0.25) is 24.0 Å². The number of aliphatic hydroxyl groups is 3. The van der Waals surface area contributed by atoms with Crippen LogP contribution in [0.25, 0.3) is 0 Å². The summed E-state index contributed by atoms with van der Waals surface area (Å²) in [4.78, 5) is 81.8. The molecule has 0 spiro atoms. The van der Waals surface area contributed by atoms with E-state index in [4.69, 9.17) is 23.7 Å². The molecule has 1 amide bonds. The Morgan fingerprint density at radius 2 is 1.55 bits per heavy atom. The van der Waals surface area contributed by atoms with Gasteiger partial charge >= 0.3 is 23.9 Å². The second kappa shape index (κ2) is 16.8. The predicted molar refractivity (Wildman–Crippen MR) is 215 cm³/mol. The molecule has 4 N–H and O–H groups in total. The van der Waals surface area contributed by atoms with Gasteiger partial charge in [0.1, 0.15) is 28.7 Å². The van der Waals surface area contributed by atoms with Crippen LogP contribution < -0.4 is 5.32 Å². The quantitative estimate of drug-likeness (QED) is 0.110. The Labute approximate surface area is 356 Å². The lowest BCUT2D eigenvalue weighted by molar-refractivity contribution is -0.346. The van der Waals surface area contributed by atoms with E-state index in [-0.39, 0.29) is 36.2 Å². The predicted octanol–water partition coefficient (Wildman–Crippen LogP) is 3.60. The van der Waals surface area contributed by atoms with E-state index in [2.05, 4.69) is 21.2 Å². The summed E-state index contributed by atoms with van der Waals surface area (Å²) in [5, 5.41) is 40.4. The first kappa shape index (κ1) is 45.1. The molecule has 2 aromatic carbocycles. The highest BCUT2D eigenvalue weighted by atomic mass is 79.9. The highest BCUT2D eigenvalue weighted by molar-refractivity contribution is 9.10. The summed E-state index contributed by atoms with van der Waals surface area (Å²) in [6.07, 6.45) is -9.99. The van der Waals surface area contributed by atoms with Crippen molar-refractivity contribution in [1.82, 2.24) is 5.32 Å². The van der Waals surface area contributed by atoms with Crippen molar-refractivity contribution in [3.8, 4) is 0 Å². The third-order valence-corrected chi connectivity index (χ3v) is 14.1. The van der Waals surface area contributed by atoms with E-state index in [9.17, 15) is 39.3 Å². The molecule has 1 saturated heterocycles. The first-order valence-corrected chi connectivity index (χ1v) is 20.9. The molecule has 2 bridgehead atoms. The first-order chi connectivity index (χ1) is 28.1. The molecule has 0 aromatic heterocycles. The Morgan fingerprint density at radius 1 is 0.933 bits per heavy atom. The van der Waals surface area contributed by atoms with E-state index in [1.54, 1.807) is 81.4 Å². The van der Waals surface area contributed by atoms with E-state index in [0.717, 1.165) is 13.8 Å². The highest BCUT2D eigenvalue weighted by Gasteiger charge is 2.77. The number of aliphatic hydroxyl groups excluding tert-OH is 2. The number of fused-ring (bicyclic) bond motifs is 5. The molecule has 1 heterocycles. The number of hydrogen-bond acceptors (Lipinski definition) is 14. The van der Waals surface area contributed by atoms with Gasteiger partial charge in [-0.15, -0.1) is 0 Å². The molecule has 4 aliphatic rings. The van der Waals surface area contributed by atoms with Crippen molar-refractivity contribution < 1.29 is 67.8 Å². The fraction of sp³-hybridized carbons (Fsp3) is 0.545. The van der Waals surface area contributed by atoms with E-state index < -0.39 is 117 Å². The lowest BCUT2D eigenvalue weighted by atomic mass is 9.44. The van der Waals surface area contributed by atoms with Crippen molar-refractivity contribution in [2.24, 2.45) is 16.7 Å². The lowest BCUT2D eigenvalue weighted by Crippen LogP contribution is -2.81. The molecule has 6 rings (SSSR count). The minimum atomic E-state index is -2.36. The van der Waals surface area contributed by atoms with Crippen LogP contribution in [0.5, 0.6) is 0 Å². The minimum absolute atomic E-state index is 0.00531. The number of benzene rings is 2. The molecular formula is C44H52BrNO14. The van der Waals surface area contributed by atoms with Crippen LogP contribution in [0.2, 0.25) is 0 Å². The van der Waals surface area contributed by atoms with Crippen LogP contribution in [0.4, 0.5) is 0 Å². The molecule has 15 nitrogen and oxygen atoms in total. The number of Topliss-reactive ketones (excluding diaryl/α,β-unsaturated/α-hetero) is 1. The standard InChI is InChI=1S/C44H52BrNO14/c1-8-27(45)39(53)59-34(32(25-15-11-9-12-16-25)46-38(52)26-17-13-10-14-18-26)40(54)58-28-20-44(55)37(51)35-42(7,29(49)19-30-43(35,21-56-30)60-24(4)48)36(50)33(57-23(3)47)31(22(28)2)41(44,5)6/h9-18,27-30,32-35,37,49,51,55H,8,19-21H2,1-7H3,(H,46,52)/t27?,28-,29-,30+,32-,33+,34+,35-,37-,42+,43-,44+/m0/s1. The van der Waals surface area contributed by atoms with Crippen molar-refractivity contribution in [3.63, 3.8) is 0 Å². The Hall–Kier alpha value is -4.48. The second-order valence-corrected chi connectivity index (χ2v) is 18.0. The number of carbonyl (C=O) groups is 6. The summed E-state index contributed by atoms with van der Waals surface area (Å²) in [6.45, 7) is 9.67. The molecule has 0 radical (unpaired) electrons. The fourth-order valence-electron chi connectivity index (χ4n) is 9.77. The number of hydrogen-bond donors (Lipinski definition) is 4. The van der Waals surface area contributed by atoms with Gasteiger partial charge in [0.25, 0.3) is 5.91 Å². The van der Waals surface area contributed by atoms with Crippen molar-refractivity contribution in [1.29, 1.82) is 0 Å². The number of ether oxygens (including phenoxy) is 5. The van der Waals surface area contributed by atoms with Gasteiger partial charge in [-0.1, -0.05) is 85.2 Å². The van der Waals surface area contributed by atoms with Crippen molar-refractivity contribution in [2.75, 3.05) is 6.61 Å². The minimum Gasteiger partial charge on any atom is -0.455 e. The Kier molecular flexibility index (Phi) is 12.6. The van der Waals surface area contributed by atoms with Crippen LogP contribution in [0.1, 0.15) is 89.7 Å². The number of halogens is 1. The molecule has 12 atom stereocenters. The Bertz CT molecular complexity index is 2060. The molecule has 1 aliphatic heterocycles. The smallest absolute Gasteiger partial charge is 0.350 e. The summed E-state index contributed by atoms with van der Waals surface area (Å²) < 4.78 is 29.5. The second-order valence-electron chi connectivity index (χ2n) is 16.9.